The van der Waals surface area contributed by atoms with Crippen LogP contribution in [0.2, 0.25) is 0 Å². The van der Waals surface area contributed by atoms with Gasteiger partial charge in [0.05, 0.1) is 41.7 Å². The molecule has 0 N–H and O–H groups in total. The number of benzene rings is 3. The number of aromatic nitrogens is 2. The molecule has 13 heteroatoms. The summed E-state index contributed by atoms with van der Waals surface area (Å²) < 4.78 is 41.5. The summed E-state index contributed by atoms with van der Waals surface area (Å²) in [5.41, 5.74) is 3.44. The van der Waals surface area contributed by atoms with Crippen molar-refractivity contribution in [3.63, 3.8) is 0 Å². The van der Waals surface area contributed by atoms with Crippen LogP contribution in [0, 0.1) is 5.92 Å². The summed E-state index contributed by atoms with van der Waals surface area (Å²) in [7, 11) is -2.25. The summed E-state index contributed by atoms with van der Waals surface area (Å²) in [6.45, 7) is 2.82. The van der Waals surface area contributed by atoms with E-state index in [1.807, 2.05) is 60.8 Å². The Balaban J connectivity index is 1.30. The minimum absolute atomic E-state index is 0.126. The monoisotopic (exact) mass is 702 g/mol. The van der Waals surface area contributed by atoms with Gasteiger partial charge in [0.1, 0.15) is 15.8 Å². The van der Waals surface area contributed by atoms with Gasteiger partial charge < -0.3 is 9.47 Å². The van der Waals surface area contributed by atoms with E-state index in [1.165, 1.54) is 16.1 Å². The van der Waals surface area contributed by atoms with E-state index in [9.17, 15) is 18.0 Å². The lowest BCUT2D eigenvalue weighted by Crippen LogP contribution is -2.40. The second-order valence-electron chi connectivity index (χ2n) is 11.3. The summed E-state index contributed by atoms with van der Waals surface area (Å²) in [6, 6.07) is 23.7. The Morgan fingerprint density at radius 3 is 2.46 bits per heavy atom. The topological polar surface area (TPSA) is 111 Å². The van der Waals surface area contributed by atoms with Crippen molar-refractivity contribution in [2.75, 3.05) is 26.8 Å². The Labute approximate surface area is 289 Å². The fourth-order valence-electron chi connectivity index (χ4n) is 5.67. The molecule has 2 saturated heterocycles. The Hall–Kier alpha value is -4.30. The SMILES string of the molecule is CCOC(=O)C1CCN(S(=O)(=O)c2cccc(-c3nn(-c4ccccc4)cc3C=C3SC(=S)N(Cc4ccc(OC)cc4)C3=O)c2)CC1. The summed E-state index contributed by atoms with van der Waals surface area (Å²) >= 11 is 6.82. The van der Waals surface area contributed by atoms with Crippen LogP contribution in [0.4, 0.5) is 0 Å². The molecule has 1 aromatic heterocycles. The number of amides is 1. The molecule has 0 atom stereocenters. The highest BCUT2D eigenvalue weighted by molar-refractivity contribution is 8.26. The average molecular weight is 703 g/mol. The number of hydrogen-bond donors (Lipinski definition) is 0. The standard InChI is InChI=1S/C35H34N4O6S3/c1-3-45-34(41)25-16-18-37(19-17-25)48(42,43)30-11-7-8-26(20-30)32-27(23-39(36-32)28-9-5-4-6-10-28)21-31-33(40)38(35(46)47-31)22-24-12-14-29(44-2)15-13-24/h4-15,20-21,23,25H,3,16-19,22H2,1-2H3. The smallest absolute Gasteiger partial charge is 0.309 e. The van der Waals surface area contributed by atoms with E-state index in [1.54, 1.807) is 54.0 Å². The van der Waals surface area contributed by atoms with Crippen molar-refractivity contribution >= 4 is 56.3 Å². The number of para-hydroxylation sites is 1. The highest BCUT2D eigenvalue weighted by Gasteiger charge is 2.34. The molecule has 10 nitrogen and oxygen atoms in total. The van der Waals surface area contributed by atoms with Crippen molar-refractivity contribution in [2.24, 2.45) is 5.92 Å². The van der Waals surface area contributed by atoms with Gasteiger partial charge in [-0.25, -0.2) is 13.1 Å². The molecule has 6 rings (SSSR count). The number of nitrogens with zero attached hydrogens (tertiary/aromatic N) is 4. The molecule has 0 aliphatic carbocycles. The van der Waals surface area contributed by atoms with E-state index in [4.69, 9.17) is 26.8 Å². The van der Waals surface area contributed by atoms with Gasteiger partial charge in [0.25, 0.3) is 5.91 Å². The van der Waals surface area contributed by atoms with Crippen LogP contribution in [0.25, 0.3) is 23.0 Å². The highest BCUT2D eigenvalue weighted by Crippen LogP contribution is 2.36. The van der Waals surface area contributed by atoms with E-state index in [2.05, 4.69) is 0 Å². The quantitative estimate of drug-likeness (QED) is 0.113. The predicted octanol–water partition coefficient (Wildman–Crippen LogP) is 5.91. The first kappa shape index (κ1) is 33.6. The third-order valence-electron chi connectivity index (χ3n) is 8.24. The number of methoxy groups -OCH3 is 1. The van der Waals surface area contributed by atoms with E-state index in [0.717, 1.165) is 17.0 Å². The first-order chi connectivity index (χ1) is 23.2. The molecule has 4 aromatic rings. The third-order valence-corrected chi connectivity index (χ3v) is 11.5. The number of thiocarbonyl (C=S) groups is 1. The van der Waals surface area contributed by atoms with Crippen molar-refractivity contribution in [3.05, 3.63) is 101 Å². The lowest BCUT2D eigenvalue weighted by Gasteiger charge is -2.30. The van der Waals surface area contributed by atoms with E-state index >= 15 is 0 Å². The number of thioether (sulfide) groups is 1. The molecular formula is C35H34N4O6S3. The fraction of sp³-hybridized carbons (Fsp3) is 0.257. The van der Waals surface area contributed by atoms with Crippen LogP contribution >= 0.6 is 24.0 Å². The Morgan fingerprint density at radius 2 is 1.77 bits per heavy atom. The second kappa shape index (κ2) is 14.4. The molecule has 2 aliphatic heterocycles. The van der Waals surface area contributed by atoms with Crippen molar-refractivity contribution in [2.45, 2.75) is 31.2 Å². The normalized spacial score (nSPS) is 16.9. The van der Waals surface area contributed by atoms with Gasteiger partial charge in [-0.2, -0.15) is 9.40 Å². The number of hydrogen-bond acceptors (Lipinski definition) is 9. The van der Waals surface area contributed by atoms with Crippen LogP contribution < -0.4 is 4.74 Å². The molecule has 0 bridgehead atoms. The number of carbonyl (C=O) groups excluding carboxylic acids is 2. The van der Waals surface area contributed by atoms with Crippen LogP contribution in [-0.4, -0.2) is 70.4 Å². The number of sulfonamides is 1. The maximum absolute atomic E-state index is 13.8. The summed E-state index contributed by atoms with van der Waals surface area (Å²) in [4.78, 5) is 28.0. The summed E-state index contributed by atoms with van der Waals surface area (Å²) in [5, 5.41) is 4.86. The third kappa shape index (κ3) is 7.09. The van der Waals surface area contributed by atoms with Crippen LogP contribution in [0.3, 0.4) is 0 Å². The molecule has 0 radical (unpaired) electrons. The average Bonchev–Trinajstić information content (AvgIpc) is 3.65. The van der Waals surface area contributed by atoms with Gasteiger partial charge in [-0.3, -0.25) is 14.5 Å². The lowest BCUT2D eigenvalue weighted by molar-refractivity contribution is -0.149. The first-order valence-electron chi connectivity index (χ1n) is 15.5. The second-order valence-corrected chi connectivity index (χ2v) is 14.9. The Morgan fingerprint density at radius 1 is 1.04 bits per heavy atom. The lowest BCUT2D eigenvalue weighted by atomic mass is 9.98. The number of esters is 1. The molecule has 2 fully saturated rings. The first-order valence-corrected chi connectivity index (χ1v) is 18.1. The maximum atomic E-state index is 13.8. The van der Waals surface area contributed by atoms with Crippen molar-refractivity contribution in [1.29, 1.82) is 0 Å². The van der Waals surface area contributed by atoms with Gasteiger partial charge in [-0.15, -0.1) is 0 Å². The number of rotatable bonds is 10. The molecule has 0 spiro atoms. The molecule has 0 saturated carbocycles. The van der Waals surface area contributed by atoms with Crippen molar-refractivity contribution < 1.29 is 27.5 Å². The zero-order chi connectivity index (χ0) is 33.8. The molecule has 0 unspecified atom stereocenters. The minimum atomic E-state index is -3.85. The molecule has 3 aromatic carbocycles. The predicted molar refractivity (Wildman–Crippen MR) is 189 cm³/mol. The van der Waals surface area contributed by atoms with Crippen LogP contribution in [0.15, 0.2) is 94.9 Å². The summed E-state index contributed by atoms with van der Waals surface area (Å²) in [5.74, 6) is -0.0867. The van der Waals surface area contributed by atoms with Crippen LogP contribution in [0.5, 0.6) is 5.75 Å². The molecule has 48 heavy (non-hydrogen) atoms. The van der Waals surface area contributed by atoms with Gasteiger partial charge >= 0.3 is 5.97 Å². The Kier molecular flexibility index (Phi) is 10.1. The molecule has 2 aliphatic rings. The van der Waals surface area contributed by atoms with Gasteiger partial charge in [0.2, 0.25) is 10.0 Å². The zero-order valence-electron chi connectivity index (χ0n) is 26.4. The minimum Gasteiger partial charge on any atom is -0.497 e. The Bertz CT molecular complexity index is 1970. The van der Waals surface area contributed by atoms with Gasteiger partial charge in [0.15, 0.2) is 0 Å². The fourth-order valence-corrected chi connectivity index (χ4v) is 8.43. The molecule has 3 heterocycles. The van der Waals surface area contributed by atoms with Gasteiger partial charge in [-0.1, -0.05) is 66.4 Å². The molecule has 248 valence electrons. The van der Waals surface area contributed by atoms with Crippen molar-refractivity contribution in [3.8, 4) is 22.7 Å². The molecular weight excluding hydrogens is 669 g/mol. The van der Waals surface area contributed by atoms with Gasteiger partial charge in [0, 0.05) is 30.4 Å². The maximum Gasteiger partial charge on any atom is 0.309 e. The van der Waals surface area contributed by atoms with Gasteiger partial charge in [-0.05, 0) is 67.8 Å². The van der Waals surface area contributed by atoms with E-state index < -0.39 is 10.0 Å². The van der Waals surface area contributed by atoms with Crippen molar-refractivity contribution in [1.82, 2.24) is 19.0 Å². The van der Waals surface area contributed by atoms with E-state index in [0.29, 0.717) is 52.0 Å². The number of carbonyl (C=O) groups is 2. The van der Waals surface area contributed by atoms with Crippen LogP contribution in [-0.2, 0) is 30.9 Å². The highest BCUT2D eigenvalue weighted by atomic mass is 32.2. The number of piperidine rings is 1. The van der Waals surface area contributed by atoms with E-state index in [-0.39, 0.29) is 35.8 Å². The summed E-state index contributed by atoms with van der Waals surface area (Å²) in [6.07, 6.45) is 4.39. The van der Waals surface area contributed by atoms with Crippen LogP contribution in [0.1, 0.15) is 30.9 Å². The molecule has 1 amide bonds. The largest absolute Gasteiger partial charge is 0.497 e. The zero-order valence-corrected chi connectivity index (χ0v) is 28.9. The number of ether oxygens (including phenoxy) is 2.